The number of para-hydroxylation sites is 1. The molecule has 0 spiro atoms. The molecule has 130 valence electrons. The van der Waals surface area contributed by atoms with E-state index < -0.39 is 0 Å². The summed E-state index contributed by atoms with van der Waals surface area (Å²) in [6.07, 6.45) is 0.513. The van der Waals surface area contributed by atoms with Crippen LogP contribution in [0.2, 0.25) is 0 Å². The van der Waals surface area contributed by atoms with E-state index >= 15 is 0 Å². The highest BCUT2D eigenvalue weighted by Crippen LogP contribution is 2.48. The predicted octanol–water partition coefficient (Wildman–Crippen LogP) is 5.00. The van der Waals surface area contributed by atoms with Gasteiger partial charge in [0.15, 0.2) is 0 Å². The summed E-state index contributed by atoms with van der Waals surface area (Å²) in [5, 5.41) is 19.3. The lowest BCUT2D eigenvalue weighted by molar-refractivity contribution is -0.0165. The second-order valence-electron chi connectivity index (χ2n) is 6.69. The number of hydrogen-bond acceptors (Lipinski definition) is 5. The van der Waals surface area contributed by atoms with Gasteiger partial charge in [-0.05, 0) is 36.6 Å². The minimum absolute atomic E-state index is 0.113. The molecule has 0 saturated carbocycles. The van der Waals surface area contributed by atoms with Crippen LogP contribution in [0.15, 0.2) is 65.1 Å². The predicted molar refractivity (Wildman–Crippen MR) is 103 cm³/mol. The van der Waals surface area contributed by atoms with E-state index in [1.54, 1.807) is 17.4 Å². The zero-order valence-corrected chi connectivity index (χ0v) is 15.1. The third-order valence-electron chi connectivity index (χ3n) is 4.95. The maximum atomic E-state index is 10.3. The van der Waals surface area contributed by atoms with Crippen molar-refractivity contribution < 1.29 is 9.84 Å². The second kappa shape index (κ2) is 5.88. The van der Waals surface area contributed by atoms with Gasteiger partial charge in [-0.2, -0.15) is 5.10 Å². The number of benzene rings is 2. The van der Waals surface area contributed by atoms with E-state index in [4.69, 9.17) is 9.84 Å². The summed E-state index contributed by atoms with van der Waals surface area (Å²) in [5.41, 5.74) is 3.96. The molecule has 0 bridgehead atoms. The van der Waals surface area contributed by atoms with Gasteiger partial charge in [0.05, 0.1) is 16.6 Å². The Morgan fingerprint density at radius 3 is 2.88 bits per heavy atom. The fourth-order valence-electron chi connectivity index (χ4n) is 3.70. The van der Waals surface area contributed by atoms with Gasteiger partial charge in [-0.15, -0.1) is 11.3 Å². The zero-order chi connectivity index (χ0) is 17.7. The molecular formula is C21H18N2O2S. The lowest BCUT2D eigenvalue weighted by Gasteiger charge is -2.37. The Kier molecular flexibility index (Phi) is 3.50. The SMILES string of the molecule is Cc1ccc(O)c(C2=NN3[C@@H](C2)c2ccccc2O[C@H]3c2cccs2)c1. The van der Waals surface area contributed by atoms with Gasteiger partial charge in [0, 0.05) is 17.5 Å². The molecule has 3 aromatic rings. The number of aryl methyl sites for hydroxylation is 1. The summed E-state index contributed by atoms with van der Waals surface area (Å²) in [7, 11) is 0. The van der Waals surface area contributed by atoms with Crippen LogP contribution in [-0.4, -0.2) is 15.8 Å². The normalized spacial score (nSPS) is 21.0. The van der Waals surface area contributed by atoms with Crippen LogP contribution in [0.25, 0.3) is 0 Å². The molecule has 0 aliphatic carbocycles. The molecule has 1 N–H and O–H groups in total. The van der Waals surface area contributed by atoms with Crippen molar-refractivity contribution >= 4 is 17.0 Å². The highest BCUT2D eigenvalue weighted by Gasteiger charge is 2.41. The molecule has 2 aliphatic rings. The molecule has 5 rings (SSSR count). The van der Waals surface area contributed by atoms with Crippen LogP contribution < -0.4 is 4.74 Å². The fraction of sp³-hybridized carbons (Fsp3) is 0.190. The molecule has 3 heterocycles. The van der Waals surface area contributed by atoms with Gasteiger partial charge in [0.25, 0.3) is 0 Å². The molecule has 1 aromatic heterocycles. The molecule has 4 nitrogen and oxygen atoms in total. The van der Waals surface area contributed by atoms with Gasteiger partial charge < -0.3 is 9.84 Å². The Labute approximate surface area is 156 Å². The third kappa shape index (κ3) is 2.39. The van der Waals surface area contributed by atoms with Gasteiger partial charge in [-0.25, -0.2) is 5.01 Å². The number of fused-ring (bicyclic) bond motifs is 3. The van der Waals surface area contributed by atoms with Gasteiger partial charge in [0.1, 0.15) is 11.5 Å². The summed E-state index contributed by atoms with van der Waals surface area (Å²) < 4.78 is 6.30. The van der Waals surface area contributed by atoms with Crippen LogP contribution in [0.1, 0.15) is 40.3 Å². The van der Waals surface area contributed by atoms with Crippen LogP contribution in [0.4, 0.5) is 0 Å². The largest absolute Gasteiger partial charge is 0.507 e. The van der Waals surface area contributed by atoms with Gasteiger partial charge in [-0.3, -0.25) is 0 Å². The topological polar surface area (TPSA) is 45.1 Å². The second-order valence-corrected chi connectivity index (χ2v) is 7.67. The van der Waals surface area contributed by atoms with Crippen molar-refractivity contribution in [1.29, 1.82) is 0 Å². The number of ether oxygens (including phenoxy) is 1. The van der Waals surface area contributed by atoms with E-state index in [2.05, 4.69) is 17.5 Å². The van der Waals surface area contributed by atoms with Crippen molar-refractivity contribution in [3.63, 3.8) is 0 Å². The summed E-state index contributed by atoms with van der Waals surface area (Å²) in [6.45, 7) is 2.03. The first-order chi connectivity index (χ1) is 12.7. The molecule has 0 saturated heterocycles. The van der Waals surface area contributed by atoms with E-state index in [1.807, 2.05) is 48.3 Å². The van der Waals surface area contributed by atoms with Crippen molar-refractivity contribution in [1.82, 2.24) is 5.01 Å². The standard InChI is InChI=1S/C21H18N2O2S/c1-13-8-9-18(24)15(11-13)16-12-17-14-5-2-3-6-19(14)25-21(23(17)22-16)20-7-4-10-26-20/h2-11,17,21,24H,12H2,1H3/t17-,21-/m0/s1. The van der Waals surface area contributed by atoms with Crippen LogP contribution in [-0.2, 0) is 0 Å². The number of phenolic OH excluding ortho intramolecular Hbond substituents is 1. The molecule has 2 atom stereocenters. The average Bonchev–Trinajstić information content (AvgIpc) is 3.33. The van der Waals surface area contributed by atoms with E-state index in [0.29, 0.717) is 0 Å². The maximum Gasteiger partial charge on any atom is 0.222 e. The molecule has 2 aliphatic heterocycles. The molecule has 0 unspecified atom stereocenters. The smallest absolute Gasteiger partial charge is 0.222 e. The van der Waals surface area contributed by atoms with E-state index in [0.717, 1.165) is 39.4 Å². The molecule has 0 fully saturated rings. The quantitative estimate of drug-likeness (QED) is 0.697. The number of nitrogens with zero attached hydrogens (tertiary/aromatic N) is 2. The summed E-state index contributed by atoms with van der Waals surface area (Å²) in [6, 6.07) is 18.0. The molecule has 26 heavy (non-hydrogen) atoms. The number of rotatable bonds is 2. The van der Waals surface area contributed by atoms with E-state index in [9.17, 15) is 5.11 Å². The summed E-state index contributed by atoms with van der Waals surface area (Å²) >= 11 is 1.67. The Bertz CT molecular complexity index is 997. The first kappa shape index (κ1) is 15.5. The van der Waals surface area contributed by atoms with Crippen molar-refractivity contribution in [2.75, 3.05) is 0 Å². The first-order valence-electron chi connectivity index (χ1n) is 8.65. The minimum Gasteiger partial charge on any atom is -0.507 e. The highest BCUT2D eigenvalue weighted by atomic mass is 32.1. The Morgan fingerprint density at radius 2 is 2.04 bits per heavy atom. The van der Waals surface area contributed by atoms with Crippen LogP contribution in [0, 0.1) is 6.92 Å². The fourth-order valence-corrected chi connectivity index (χ4v) is 4.44. The highest BCUT2D eigenvalue weighted by molar-refractivity contribution is 7.10. The third-order valence-corrected chi connectivity index (χ3v) is 5.85. The molecule has 2 aromatic carbocycles. The molecule has 0 amide bonds. The number of aromatic hydroxyl groups is 1. The van der Waals surface area contributed by atoms with Crippen LogP contribution in [0.3, 0.4) is 0 Å². The number of phenols is 1. The number of hydrazone groups is 1. The maximum absolute atomic E-state index is 10.3. The number of hydrogen-bond donors (Lipinski definition) is 1. The van der Waals surface area contributed by atoms with Crippen LogP contribution >= 0.6 is 11.3 Å². The van der Waals surface area contributed by atoms with E-state index in [1.165, 1.54) is 0 Å². The summed E-state index contributed by atoms with van der Waals surface area (Å²) in [5.74, 6) is 1.19. The number of thiophene rings is 1. The lowest BCUT2D eigenvalue weighted by Crippen LogP contribution is -2.33. The van der Waals surface area contributed by atoms with Gasteiger partial charge >= 0.3 is 0 Å². The van der Waals surface area contributed by atoms with Crippen molar-refractivity contribution in [3.8, 4) is 11.5 Å². The average molecular weight is 362 g/mol. The minimum atomic E-state index is -0.237. The van der Waals surface area contributed by atoms with Gasteiger partial charge in [-0.1, -0.05) is 35.9 Å². The Morgan fingerprint density at radius 1 is 1.15 bits per heavy atom. The zero-order valence-electron chi connectivity index (χ0n) is 14.3. The van der Waals surface area contributed by atoms with E-state index in [-0.39, 0.29) is 18.0 Å². The molecular weight excluding hydrogens is 344 g/mol. The monoisotopic (exact) mass is 362 g/mol. The summed E-state index contributed by atoms with van der Waals surface area (Å²) in [4.78, 5) is 1.13. The van der Waals surface area contributed by atoms with Crippen LogP contribution in [0.5, 0.6) is 11.5 Å². The lowest BCUT2D eigenvalue weighted by atomic mass is 9.95. The van der Waals surface area contributed by atoms with Crippen molar-refractivity contribution in [2.45, 2.75) is 25.6 Å². The van der Waals surface area contributed by atoms with Gasteiger partial charge in [0.2, 0.25) is 6.23 Å². The Balaban J connectivity index is 1.62. The van der Waals surface area contributed by atoms with Crippen molar-refractivity contribution in [3.05, 3.63) is 81.5 Å². The molecule has 0 radical (unpaired) electrons. The Hall–Kier alpha value is -2.79. The molecule has 5 heteroatoms. The van der Waals surface area contributed by atoms with Crippen molar-refractivity contribution in [2.24, 2.45) is 5.10 Å². The first-order valence-corrected chi connectivity index (χ1v) is 9.53.